The van der Waals surface area contributed by atoms with E-state index in [0.717, 1.165) is 17.9 Å². The molecule has 2 atom stereocenters. The summed E-state index contributed by atoms with van der Waals surface area (Å²) in [6, 6.07) is 9.96. The van der Waals surface area contributed by atoms with Crippen molar-refractivity contribution in [3.05, 3.63) is 60.4 Å². The molecule has 1 saturated heterocycles. The van der Waals surface area contributed by atoms with Gasteiger partial charge in [0.1, 0.15) is 6.67 Å². The van der Waals surface area contributed by atoms with E-state index < -0.39 is 10.0 Å². The number of hydrogen-bond acceptors (Lipinski definition) is 6. The first kappa shape index (κ1) is 20.6. The molecule has 1 aromatic heterocycles. The van der Waals surface area contributed by atoms with E-state index in [1.807, 2.05) is 24.3 Å². The molecule has 160 valence electrons. The Labute approximate surface area is 177 Å². The number of benzene rings is 1. The van der Waals surface area contributed by atoms with Gasteiger partial charge in [-0.15, -0.1) is 0 Å². The highest BCUT2D eigenvalue weighted by atomic mass is 32.2. The quantitative estimate of drug-likeness (QED) is 0.674. The molecule has 2 aromatic rings. The number of aliphatic imine (C=N–C) groups is 1. The number of aryl methyl sites for hydroxylation is 1. The van der Waals surface area contributed by atoms with Gasteiger partial charge < -0.3 is 14.2 Å². The molecule has 9 heteroatoms. The van der Waals surface area contributed by atoms with Gasteiger partial charge in [-0.3, -0.25) is 4.99 Å². The van der Waals surface area contributed by atoms with Crippen LogP contribution in [0.5, 0.6) is 0 Å². The fourth-order valence-electron chi connectivity index (χ4n) is 3.97. The standard InChI is InChI=1S/C21H27N5O3S/c1-3-11-29-21-9-10-22-15-26(21)19-13-25(12-18(19)17-7-5-4-6-8-17)30(27,28)20-14-24(2)16-23-20/h4-10,14,16,18-19H,3,11-13,15H2,1-2H3/t18-,19+/m1/s1. The van der Waals surface area contributed by atoms with Crippen LogP contribution in [0.4, 0.5) is 0 Å². The largest absolute Gasteiger partial charge is 0.479 e. The third-order valence-corrected chi connectivity index (χ3v) is 7.18. The van der Waals surface area contributed by atoms with Gasteiger partial charge in [0.05, 0.1) is 19.0 Å². The summed E-state index contributed by atoms with van der Waals surface area (Å²) < 4.78 is 35.7. The first-order valence-corrected chi connectivity index (χ1v) is 11.6. The first-order chi connectivity index (χ1) is 14.5. The minimum Gasteiger partial charge on any atom is -0.479 e. The third kappa shape index (κ3) is 3.99. The topological polar surface area (TPSA) is 80.0 Å². The molecule has 0 spiro atoms. The fraction of sp³-hybridized carbons (Fsp3) is 0.429. The van der Waals surface area contributed by atoms with Gasteiger partial charge in [-0.25, -0.2) is 13.4 Å². The van der Waals surface area contributed by atoms with Gasteiger partial charge in [-0.05, 0) is 12.0 Å². The molecule has 0 N–H and O–H groups in total. The van der Waals surface area contributed by atoms with Crippen molar-refractivity contribution in [2.24, 2.45) is 12.0 Å². The molecular weight excluding hydrogens is 402 g/mol. The lowest BCUT2D eigenvalue weighted by atomic mass is 9.93. The lowest BCUT2D eigenvalue weighted by molar-refractivity contribution is 0.0843. The highest BCUT2D eigenvalue weighted by Gasteiger charge is 2.44. The van der Waals surface area contributed by atoms with E-state index in [-0.39, 0.29) is 17.0 Å². The van der Waals surface area contributed by atoms with Crippen molar-refractivity contribution in [3.63, 3.8) is 0 Å². The van der Waals surface area contributed by atoms with Crippen LogP contribution in [0.25, 0.3) is 0 Å². The van der Waals surface area contributed by atoms with E-state index in [4.69, 9.17) is 4.74 Å². The van der Waals surface area contributed by atoms with Crippen LogP contribution >= 0.6 is 0 Å². The van der Waals surface area contributed by atoms with Crippen LogP contribution in [-0.2, 0) is 21.8 Å². The molecular formula is C21H27N5O3S. The van der Waals surface area contributed by atoms with Gasteiger partial charge in [0.15, 0.2) is 10.9 Å². The summed E-state index contributed by atoms with van der Waals surface area (Å²) in [5.74, 6) is 0.737. The second-order valence-electron chi connectivity index (χ2n) is 7.58. The average Bonchev–Trinajstić information content (AvgIpc) is 3.41. The molecule has 2 aliphatic heterocycles. The third-order valence-electron chi connectivity index (χ3n) is 5.46. The van der Waals surface area contributed by atoms with Gasteiger partial charge in [0, 0.05) is 44.5 Å². The number of sulfonamides is 1. The molecule has 0 amide bonds. The number of imidazole rings is 1. The molecule has 0 bridgehead atoms. The number of rotatable bonds is 7. The summed E-state index contributed by atoms with van der Waals surface area (Å²) in [5.41, 5.74) is 1.10. The highest BCUT2D eigenvalue weighted by molar-refractivity contribution is 7.89. The predicted molar refractivity (Wildman–Crippen MR) is 114 cm³/mol. The van der Waals surface area contributed by atoms with Crippen LogP contribution < -0.4 is 0 Å². The molecule has 0 aliphatic carbocycles. The van der Waals surface area contributed by atoms with E-state index in [1.165, 1.54) is 10.6 Å². The van der Waals surface area contributed by atoms with Crippen molar-refractivity contribution in [2.75, 3.05) is 26.4 Å². The lowest BCUT2D eigenvalue weighted by Gasteiger charge is -2.35. The normalized spacial score (nSPS) is 22.3. The smallest absolute Gasteiger partial charge is 0.262 e. The summed E-state index contributed by atoms with van der Waals surface area (Å²) in [4.78, 5) is 10.6. The second kappa shape index (κ2) is 8.61. The van der Waals surface area contributed by atoms with Crippen molar-refractivity contribution in [1.82, 2.24) is 18.8 Å². The van der Waals surface area contributed by atoms with Gasteiger partial charge in [-0.2, -0.15) is 4.31 Å². The lowest BCUT2D eigenvalue weighted by Crippen LogP contribution is -2.42. The number of aromatic nitrogens is 2. The highest BCUT2D eigenvalue weighted by Crippen LogP contribution is 2.36. The van der Waals surface area contributed by atoms with Gasteiger partial charge in [-0.1, -0.05) is 37.3 Å². The Balaban J connectivity index is 1.67. The van der Waals surface area contributed by atoms with Gasteiger partial charge in [0.2, 0.25) is 0 Å². The van der Waals surface area contributed by atoms with Crippen LogP contribution in [0.15, 0.2) is 64.8 Å². The zero-order valence-electron chi connectivity index (χ0n) is 17.3. The van der Waals surface area contributed by atoms with Crippen LogP contribution in [-0.4, -0.2) is 65.8 Å². The second-order valence-corrected chi connectivity index (χ2v) is 9.46. The minimum absolute atomic E-state index is 0.00777. The Morgan fingerprint density at radius 3 is 2.70 bits per heavy atom. The molecule has 0 saturated carbocycles. The summed E-state index contributed by atoms with van der Waals surface area (Å²) in [6.45, 7) is 3.84. The molecule has 1 fully saturated rings. The maximum Gasteiger partial charge on any atom is 0.262 e. The van der Waals surface area contributed by atoms with E-state index in [9.17, 15) is 8.42 Å². The number of hydrogen-bond donors (Lipinski definition) is 0. The number of allylic oxidation sites excluding steroid dienone is 1. The molecule has 4 rings (SSSR count). The van der Waals surface area contributed by atoms with Crippen molar-refractivity contribution >= 4 is 16.2 Å². The van der Waals surface area contributed by atoms with E-state index >= 15 is 0 Å². The predicted octanol–water partition coefficient (Wildman–Crippen LogP) is 2.19. The average molecular weight is 430 g/mol. The Morgan fingerprint density at radius 2 is 2.00 bits per heavy atom. The van der Waals surface area contributed by atoms with E-state index in [0.29, 0.717) is 26.4 Å². The zero-order chi connectivity index (χ0) is 21.1. The summed E-state index contributed by atoms with van der Waals surface area (Å²) in [5, 5.41) is 0.0760. The summed E-state index contributed by atoms with van der Waals surface area (Å²) >= 11 is 0. The van der Waals surface area contributed by atoms with Crippen molar-refractivity contribution < 1.29 is 13.2 Å². The van der Waals surface area contributed by atoms with Crippen molar-refractivity contribution in [2.45, 2.75) is 30.3 Å². The SMILES string of the molecule is CCCOC1=CC=NCN1[C@H]1CN(S(=O)(=O)c2cn(C)cn2)C[C@@H]1c1ccccc1. The summed E-state index contributed by atoms with van der Waals surface area (Å²) in [6.07, 6.45) is 7.55. The maximum atomic E-state index is 13.3. The van der Waals surface area contributed by atoms with Crippen LogP contribution in [0.2, 0.25) is 0 Å². The molecule has 2 aliphatic rings. The first-order valence-electron chi connectivity index (χ1n) is 10.1. The molecule has 30 heavy (non-hydrogen) atoms. The molecule has 1 aromatic carbocycles. The van der Waals surface area contributed by atoms with Crippen molar-refractivity contribution in [3.8, 4) is 0 Å². The van der Waals surface area contributed by atoms with E-state index in [1.54, 1.807) is 24.0 Å². The van der Waals surface area contributed by atoms with Crippen LogP contribution in [0.1, 0.15) is 24.8 Å². The van der Waals surface area contributed by atoms with Crippen molar-refractivity contribution in [1.29, 1.82) is 0 Å². The fourth-order valence-corrected chi connectivity index (χ4v) is 5.42. The Bertz CT molecular complexity index is 1030. The summed E-state index contributed by atoms with van der Waals surface area (Å²) in [7, 11) is -1.93. The molecule has 8 nitrogen and oxygen atoms in total. The van der Waals surface area contributed by atoms with Crippen LogP contribution in [0, 0.1) is 0 Å². The van der Waals surface area contributed by atoms with Gasteiger partial charge in [0.25, 0.3) is 10.0 Å². The number of ether oxygens (including phenoxy) is 1. The molecule has 0 unspecified atom stereocenters. The minimum atomic E-state index is -3.69. The zero-order valence-corrected chi connectivity index (χ0v) is 18.1. The maximum absolute atomic E-state index is 13.3. The van der Waals surface area contributed by atoms with Gasteiger partial charge >= 0.3 is 0 Å². The Kier molecular flexibility index (Phi) is 5.92. The Hall–Kier alpha value is -2.65. The van der Waals surface area contributed by atoms with E-state index in [2.05, 4.69) is 33.9 Å². The Morgan fingerprint density at radius 1 is 1.20 bits per heavy atom. The van der Waals surface area contributed by atoms with Crippen LogP contribution in [0.3, 0.4) is 0 Å². The molecule has 3 heterocycles. The molecule has 0 radical (unpaired) electrons. The monoisotopic (exact) mass is 429 g/mol. The number of nitrogens with zero attached hydrogens (tertiary/aromatic N) is 5.